The van der Waals surface area contributed by atoms with Crippen molar-refractivity contribution in [2.75, 3.05) is 0 Å². The first-order chi connectivity index (χ1) is 66.5. The molecule has 0 amide bonds. The summed E-state index contributed by atoms with van der Waals surface area (Å²) < 4.78 is 37.3. The topological polar surface area (TPSA) is 347 Å². The molecule has 0 radical (unpaired) electrons. The van der Waals surface area contributed by atoms with Crippen molar-refractivity contribution in [3.05, 3.63) is 314 Å². The lowest BCUT2D eigenvalue weighted by atomic mass is 9.72. The highest BCUT2D eigenvalue weighted by Crippen LogP contribution is 2.53. The Morgan fingerprint density at radius 1 is 0.212 bits per heavy atom. The highest BCUT2D eigenvalue weighted by atomic mass is 16.6. The molecule has 0 aromatic heterocycles. The van der Waals surface area contributed by atoms with Gasteiger partial charge in [-0.1, -0.05) is 127 Å². The molecule has 3 saturated heterocycles. The van der Waals surface area contributed by atoms with Crippen molar-refractivity contribution in [2.45, 2.75) is 248 Å². The third kappa shape index (κ3) is 19.7. The number of rotatable bonds is 0. The molecular formula is C113H104O24. The van der Waals surface area contributed by atoms with Crippen molar-refractivity contribution < 1.29 is 115 Å². The van der Waals surface area contributed by atoms with E-state index in [9.17, 15) is 76.7 Å². The van der Waals surface area contributed by atoms with Crippen LogP contribution in [-0.2, 0) is 190 Å². The first-order valence-corrected chi connectivity index (χ1v) is 48.5. The van der Waals surface area contributed by atoms with Gasteiger partial charge in [0.15, 0.2) is 0 Å². The van der Waals surface area contributed by atoms with Gasteiger partial charge < -0.3 is 37.9 Å². The summed E-state index contributed by atoms with van der Waals surface area (Å²) in [5, 5.41) is 0. The van der Waals surface area contributed by atoms with Crippen LogP contribution < -0.4 is 0 Å². The molecule has 8 atom stereocenters. The third-order valence-corrected chi connectivity index (χ3v) is 30.3. The van der Waals surface area contributed by atoms with Crippen LogP contribution in [0.25, 0.3) is 0 Å². The summed E-state index contributed by atoms with van der Waals surface area (Å²) in [7, 11) is 0. The molecule has 8 aliphatic heterocycles. The molecule has 10 aliphatic carbocycles. The summed E-state index contributed by atoms with van der Waals surface area (Å²) in [5.74, 6) is -5.12. The molecular weight excluding hydrogens is 1740 g/mol. The number of cyclic esters (lactones) is 16. The highest BCUT2D eigenvalue weighted by Gasteiger charge is 2.46. The Kier molecular flexibility index (Phi) is 27.0. The molecule has 700 valence electrons. The van der Waals surface area contributed by atoms with Crippen molar-refractivity contribution in [1.29, 1.82) is 0 Å². The first-order valence-electron chi connectivity index (χ1n) is 48.5. The molecule has 9 aromatic carbocycles. The number of esters is 16. The molecule has 18 aliphatic rings. The second-order valence-electron chi connectivity index (χ2n) is 38.5. The van der Waals surface area contributed by atoms with E-state index in [0.29, 0.717) is 64.6 Å². The molecule has 9 aromatic rings. The Morgan fingerprint density at radius 3 is 1.23 bits per heavy atom. The van der Waals surface area contributed by atoms with Crippen molar-refractivity contribution in [2.24, 2.45) is 23.7 Å². The fourth-order valence-corrected chi connectivity index (χ4v) is 23.6. The van der Waals surface area contributed by atoms with E-state index in [2.05, 4.69) is 73.5 Å². The second-order valence-corrected chi connectivity index (χ2v) is 38.5. The SMILES string of the molecule is O=C1CC2CCc3ccccc3C2C(=O)O1.O=C1CC2Cc3ccccc3CC2C(=O)O1.O=C1CC2c3ccccc3CCC2C(=O)O1.O=C1Cc2c(ccc3c2CCCC3)C(=O)O1.O=C1Cc2cc3c(cc2C(=O)O1)CCCC3.O=C1Cc2ccc3c(c2C(=O)O1)CCCC3.O=C1OC(=O)c2c1ccc1c2CCCC1.O=C1OC(=O)c2cc3c(cc21)CCCC3.c1ccc2c(c1)C1CCC2C1. The number of ether oxygens (including phenoxy) is 8. The van der Waals surface area contributed by atoms with Crippen LogP contribution in [-0.4, -0.2) is 95.5 Å². The number of aryl methyl sites for hydroxylation is 9. The molecule has 8 unspecified atom stereocenters. The van der Waals surface area contributed by atoms with Gasteiger partial charge in [0.1, 0.15) is 0 Å². The predicted molar refractivity (Wildman–Crippen MR) is 493 cm³/mol. The Labute approximate surface area is 791 Å². The van der Waals surface area contributed by atoms with Crippen molar-refractivity contribution >= 4 is 95.5 Å². The first kappa shape index (κ1) is 92.2. The smallest absolute Gasteiger partial charge is 0.347 e. The standard InChI is InChI=1S/6C13H12O3.2C12H10O3.C11H12/c2*14-12-7-10-5-8-3-1-2-4-9(8)6-11(10)13(15)16-12;2*14-11-7-9-6-5-8-3-1-2-4-10(8)12(9)13(15)16-11;2*14-12-7-11-9-4-2-1-3-8(9)5-6-10(11)13(15)16-12;13-11-9-5-7-3-1-2-4-8(7)6-10(9)12(14)15-11;13-11-9-6-5-7-3-1-2-4-8(7)10(9)12(14)15-11;1-2-4-11-9-6-5-8(7-9)10(11)3-1/h5-6H,1-4,7H2;1-4,10-11H,5-7H2;5-6H,1-4,7H2;1-4,9,12H,5-7H2;5-6H,1-4,7H2;1-4,10-11H,5-7H2;2*5-6H,1-4H2;1-4,8-9H,5-7H2. The summed E-state index contributed by atoms with van der Waals surface area (Å²) in [5.41, 5.74) is 28.8. The quantitative estimate of drug-likeness (QED) is 0.0773. The largest absolute Gasteiger partial charge is 0.393 e. The average molecular weight is 1850 g/mol. The van der Waals surface area contributed by atoms with Crippen molar-refractivity contribution in [3.8, 4) is 0 Å². The fourth-order valence-electron chi connectivity index (χ4n) is 23.6. The van der Waals surface area contributed by atoms with Gasteiger partial charge in [0, 0.05) is 5.92 Å². The summed E-state index contributed by atoms with van der Waals surface area (Å²) in [6, 6.07) is 52.2. The van der Waals surface area contributed by atoms with Crippen LogP contribution in [0.3, 0.4) is 0 Å². The van der Waals surface area contributed by atoms with Crippen LogP contribution in [0, 0.1) is 23.7 Å². The molecule has 27 rings (SSSR count). The zero-order chi connectivity index (χ0) is 94.8. The van der Waals surface area contributed by atoms with E-state index >= 15 is 0 Å². The lowest BCUT2D eigenvalue weighted by Gasteiger charge is -2.34. The van der Waals surface area contributed by atoms with Gasteiger partial charge in [0.2, 0.25) is 0 Å². The number of hydrogen-bond donors (Lipinski definition) is 0. The monoisotopic (exact) mass is 1840 g/mol. The molecule has 8 heterocycles. The molecule has 2 bridgehead atoms. The van der Waals surface area contributed by atoms with Crippen LogP contribution in [0.15, 0.2) is 158 Å². The molecule has 137 heavy (non-hydrogen) atoms. The van der Waals surface area contributed by atoms with Crippen molar-refractivity contribution in [1.82, 2.24) is 0 Å². The summed E-state index contributed by atoms with van der Waals surface area (Å²) in [6.07, 6.45) is 32.8. The molecule has 0 spiro atoms. The number of fused-ring (bicyclic) bond motifs is 26. The number of benzene rings is 9. The van der Waals surface area contributed by atoms with Crippen molar-refractivity contribution in [3.63, 3.8) is 0 Å². The van der Waals surface area contributed by atoms with E-state index in [1.54, 1.807) is 23.3 Å². The van der Waals surface area contributed by atoms with Gasteiger partial charge in [-0.2, -0.15) is 0 Å². The van der Waals surface area contributed by atoms with Gasteiger partial charge in [-0.25, -0.2) is 33.6 Å². The van der Waals surface area contributed by atoms with Gasteiger partial charge >= 0.3 is 95.5 Å². The molecule has 1 saturated carbocycles. The van der Waals surface area contributed by atoms with E-state index in [1.165, 1.54) is 112 Å². The van der Waals surface area contributed by atoms with Gasteiger partial charge in [0.05, 0.1) is 95.2 Å². The molecule has 24 heteroatoms. The van der Waals surface area contributed by atoms with E-state index in [4.69, 9.17) is 18.9 Å². The van der Waals surface area contributed by atoms with Gasteiger partial charge in [-0.3, -0.25) is 43.2 Å². The molecule has 0 N–H and O–H groups in total. The summed E-state index contributed by atoms with van der Waals surface area (Å²) >= 11 is 0. The Balaban J connectivity index is 0.0000000988. The zero-order valence-electron chi connectivity index (χ0n) is 76.2. The van der Waals surface area contributed by atoms with Gasteiger partial charge in [-0.05, 0) is 357 Å². The maximum Gasteiger partial charge on any atom is 0.347 e. The number of carbonyl (C=O) groups excluding carboxylic acids is 16. The average Bonchev–Trinajstić information content (AvgIpc) is 1.49. The summed E-state index contributed by atoms with van der Waals surface area (Å²) in [4.78, 5) is 183. The minimum Gasteiger partial charge on any atom is -0.393 e. The lowest BCUT2D eigenvalue weighted by molar-refractivity contribution is -0.172. The molecule has 4 fully saturated rings. The zero-order valence-corrected chi connectivity index (χ0v) is 76.2. The fraction of sp³-hybridized carbons (Fsp3) is 0.381. The van der Waals surface area contributed by atoms with Crippen LogP contribution >= 0.6 is 0 Å². The van der Waals surface area contributed by atoms with Gasteiger partial charge in [-0.15, -0.1) is 0 Å². The minimum atomic E-state index is -0.497. The third-order valence-electron chi connectivity index (χ3n) is 30.3. The van der Waals surface area contributed by atoms with Crippen LogP contribution in [0.4, 0.5) is 0 Å². The maximum absolute atomic E-state index is 11.8. The Morgan fingerprint density at radius 2 is 0.613 bits per heavy atom. The minimum absolute atomic E-state index is 0.0405. The van der Waals surface area contributed by atoms with E-state index < -0.39 is 59.7 Å². The number of carbonyl (C=O) groups is 16. The highest BCUT2D eigenvalue weighted by molar-refractivity contribution is 6.16. The van der Waals surface area contributed by atoms with Gasteiger partial charge in [0.25, 0.3) is 0 Å². The summed E-state index contributed by atoms with van der Waals surface area (Å²) in [6.45, 7) is 0. The normalized spacial score (nSPS) is 23.0. The van der Waals surface area contributed by atoms with Crippen LogP contribution in [0.5, 0.6) is 0 Å². The van der Waals surface area contributed by atoms with E-state index in [0.717, 1.165) is 186 Å². The Hall–Kier alpha value is -13.9. The lowest BCUT2D eigenvalue weighted by Crippen LogP contribution is -2.40. The van der Waals surface area contributed by atoms with Crippen LogP contribution in [0.2, 0.25) is 0 Å². The van der Waals surface area contributed by atoms with E-state index in [-0.39, 0.29) is 90.6 Å². The number of hydrogen-bond acceptors (Lipinski definition) is 24. The Bertz CT molecular complexity index is 6430. The van der Waals surface area contributed by atoms with E-state index in [1.807, 2.05) is 91.0 Å². The second kappa shape index (κ2) is 40.2. The van der Waals surface area contributed by atoms with Crippen LogP contribution in [0.1, 0.15) is 329 Å². The molecule has 24 nitrogen and oxygen atoms in total. The predicted octanol–water partition coefficient (Wildman–Crippen LogP) is 17.3. The maximum atomic E-state index is 11.8.